The lowest BCUT2D eigenvalue weighted by molar-refractivity contribution is -0.153. The number of carbonyl (C=O) groups is 1. The van der Waals surface area contributed by atoms with Gasteiger partial charge in [-0.1, -0.05) is 6.07 Å². The van der Waals surface area contributed by atoms with E-state index in [0.29, 0.717) is 13.0 Å². The Bertz CT molecular complexity index is 362. The molecule has 0 saturated carbocycles. The number of fused-ring (bicyclic) bond motifs is 1. The van der Waals surface area contributed by atoms with Crippen LogP contribution in [0.3, 0.4) is 0 Å². The molecule has 1 aliphatic rings. The van der Waals surface area contributed by atoms with Crippen LogP contribution < -0.4 is 0 Å². The fourth-order valence-corrected chi connectivity index (χ4v) is 2.09. The molecule has 0 spiro atoms. The smallest absolute Gasteiger partial charge is 0.312 e. The van der Waals surface area contributed by atoms with Crippen molar-refractivity contribution in [1.82, 2.24) is 4.98 Å². The molecule has 1 unspecified atom stereocenters. The van der Waals surface area contributed by atoms with Gasteiger partial charge in [-0.05, 0) is 31.9 Å². The zero-order valence-electron chi connectivity index (χ0n) is 9.12. The maximum absolute atomic E-state index is 11.8. The molecule has 0 amide bonds. The van der Waals surface area contributed by atoms with Gasteiger partial charge in [-0.3, -0.25) is 9.78 Å². The third-order valence-electron chi connectivity index (χ3n) is 2.89. The highest BCUT2D eigenvalue weighted by Gasteiger charge is 2.41. The molecule has 3 heteroatoms. The molecule has 0 fully saturated rings. The van der Waals surface area contributed by atoms with E-state index in [0.717, 1.165) is 12.1 Å². The van der Waals surface area contributed by atoms with E-state index < -0.39 is 5.41 Å². The zero-order valence-corrected chi connectivity index (χ0v) is 9.12. The predicted molar refractivity (Wildman–Crippen MR) is 56.4 cm³/mol. The van der Waals surface area contributed by atoms with E-state index in [2.05, 4.69) is 4.98 Å². The Kier molecular flexibility index (Phi) is 2.47. The highest BCUT2D eigenvalue weighted by Crippen LogP contribution is 2.36. The number of nitrogens with zero attached hydrogens (tertiary/aromatic N) is 1. The first-order chi connectivity index (χ1) is 7.15. The fourth-order valence-electron chi connectivity index (χ4n) is 2.09. The summed E-state index contributed by atoms with van der Waals surface area (Å²) in [5, 5.41) is 0. The molecule has 3 nitrogen and oxygen atoms in total. The molecule has 1 aliphatic carbocycles. The van der Waals surface area contributed by atoms with Gasteiger partial charge in [0.05, 0.1) is 12.0 Å². The van der Waals surface area contributed by atoms with Crippen molar-refractivity contribution < 1.29 is 9.53 Å². The van der Waals surface area contributed by atoms with Crippen molar-refractivity contribution in [3.63, 3.8) is 0 Å². The number of ether oxygens (including phenoxy) is 1. The van der Waals surface area contributed by atoms with Gasteiger partial charge in [0.25, 0.3) is 0 Å². The molecule has 2 rings (SSSR count). The van der Waals surface area contributed by atoms with E-state index >= 15 is 0 Å². The highest BCUT2D eigenvalue weighted by molar-refractivity contribution is 5.78. The van der Waals surface area contributed by atoms with Gasteiger partial charge in [-0.15, -0.1) is 0 Å². The molecule has 0 aliphatic heterocycles. The number of hydrogen-bond donors (Lipinski definition) is 0. The second-order valence-corrected chi connectivity index (χ2v) is 4.24. The first-order valence-electron chi connectivity index (χ1n) is 5.26. The third kappa shape index (κ3) is 1.74. The van der Waals surface area contributed by atoms with Crippen molar-refractivity contribution in [1.29, 1.82) is 0 Å². The van der Waals surface area contributed by atoms with Crippen LogP contribution in [0.15, 0.2) is 18.3 Å². The standard InChI is InChI=1S/C12H15NO2/c1-3-15-11(14)12(2)7-9-5-4-6-13-10(9)8-12/h4-6H,3,7-8H2,1-2H3. The maximum Gasteiger partial charge on any atom is 0.312 e. The summed E-state index contributed by atoms with van der Waals surface area (Å²) in [7, 11) is 0. The molecule has 0 saturated heterocycles. The Morgan fingerprint density at radius 1 is 1.60 bits per heavy atom. The first-order valence-corrected chi connectivity index (χ1v) is 5.26. The number of rotatable bonds is 2. The van der Waals surface area contributed by atoms with Crippen LogP contribution in [0.5, 0.6) is 0 Å². The van der Waals surface area contributed by atoms with Crippen LogP contribution in [0.4, 0.5) is 0 Å². The lowest BCUT2D eigenvalue weighted by atomic mass is 9.88. The normalized spacial score (nSPS) is 23.6. The van der Waals surface area contributed by atoms with Gasteiger partial charge in [0.15, 0.2) is 0 Å². The number of pyridine rings is 1. The van der Waals surface area contributed by atoms with E-state index in [1.165, 1.54) is 5.56 Å². The molecule has 15 heavy (non-hydrogen) atoms. The van der Waals surface area contributed by atoms with Crippen LogP contribution in [-0.2, 0) is 22.4 Å². The largest absolute Gasteiger partial charge is 0.466 e. The van der Waals surface area contributed by atoms with E-state index in [9.17, 15) is 4.79 Å². The van der Waals surface area contributed by atoms with Crippen molar-refractivity contribution in [3.05, 3.63) is 29.6 Å². The first kappa shape index (κ1) is 10.1. The predicted octanol–water partition coefficient (Wildman–Crippen LogP) is 1.75. The Morgan fingerprint density at radius 3 is 3.07 bits per heavy atom. The van der Waals surface area contributed by atoms with Crippen LogP contribution >= 0.6 is 0 Å². The molecular formula is C12H15NO2. The summed E-state index contributed by atoms with van der Waals surface area (Å²) in [5.41, 5.74) is 1.80. The Hall–Kier alpha value is -1.38. The summed E-state index contributed by atoms with van der Waals surface area (Å²) in [6, 6.07) is 3.95. The van der Waals surface area contributed by atoms with Gasteiger partial charge in [-0.25, -0.2) is 0 Å². The minimum absolute atomic E-state index is 0.108. The third-order valence-corrected chi connectivity index (χ3v) is 2.89. The van der Waals surface area contributed by atoms with Crippen molar-refractivity contribution in [2.45, 2.75) is 26.7 Å². The molecule has 0 bridgehead atoms. The van der Waals surface area contributed by atoms with E-state index in [-0.39, 0.29) is 5.97 Å². The number of hydrogen-bond acceptors (Lipinski definition) is 3. The summed E-state index contributed by atoms with van der Waals surface area (Å²) in [6.45, 7) is 4.23. The SMILES string of the molecule is CCOC(=O)C1(C)Cc2cccnc2C1. The lowest BCUT2D eigenvalue weighted by Crippen LogP contribution is -2.30. The van der Waals surface area contributed by atoms with Crippen LogP contribution in [-0.4, -0.2) is 17.6 Å². The molecule has 0 radical (unpaired) electrons. The summed E-state index contributed by atoms with van der Waals surface area (Å²) in [5.74, 6) is -0.108. The number of carbonyl (C=O) groups excluding carboxylic acids is 1. The molecule has 1 aromatic rings. The average Bonchev–Trinajstić information content (AvgIpc) is 2.56. The van der Waals surface area contributed by atoms with Gasteiger partial charge in [0.2, 0.25) is 0 Å². The Balaban J connectivity index is 2.21. The van der Waals surface area contributed by atoms with Crippen molar-refractivity contribution in [3.8, 4) is 0 Å². The second-order valence-electron chi connectivity index (χ2n) is 4.24. The van der Waals surface area contributed by atoms with Crippen molar-refractivity contribution in [2.75, 3.05) is 6.61 Å². The van der Waals surface area contributed by atoms with Gasteiger partial charge < -0.3 is 4.74 Å². The maximum atomic E-state index is 11.8. The van der Waals surface area contributed by atoms with Gasteiger partial charge in [0.1, 0.15) is 0 Å². The molecular weight excluding hydrogens is 190 g/mol. The lowest BCUT2D eigenvalue weighted by Gasteiger charge is -2.20. The van der Waals surface area contributed by atoms with Gasteiger partial charge in [-0.2, -0.15) is 0 Å². The molecule has 1 heterocycles. The van der Waals surface area contributed by atoms with E-state index in [4.69, 9.17) is 4.74 Å². The van der Waals surface area contributed by atoms with Gasteiger partial charge in [0, 0.05) is 18.3 Å². The topological polar surface area (TPSA) is 39.2 Å². The Labute approximate surface area is 89.5 Å². The zero-order chi connectivity index (χ0) is 10.9. The van der Waals surface area contributed by atoms with E-state index in [1.807, 2.05) is 26.0 Å². The minimum Gasteiger partial charge on any atom is -0.466 e. The average molecular weight is 205 g/mol. The second kappa shape index (κ2) is 3.65. The highest BCUT2D eigenvalue weighted by atomic mass is 16.5. The molecule has 80 valence electrons. The summed E-state index contributed by atoms with van der Waals surface area (Å²) >= 11 is 0. The summed E-state index contributed by atoms with van der Waals surface area (Å²) in [4.78, 5) is 16.1. The van der Waals surface area contributed by atoms with Crippen LogP contribution in [0.25, 0.3) is 0 Å². The molecule has 0 N–H and O–H groups in total. The van der Waals surface area contributed by atoms with Crippen molar-refractivity contribution in [2.24, 2.45) is 5.41 Å². The Morgan fingerprint density at radius 2 is 2.40 bits per heavy atom. The summed E-state index contributed by atoms with van der Waals surface area (Å²) < 4.78 is 5.09. The van der Waals surface area contributed by atoms with Crippen LogP contribution in [0.2, 0.25) is 0 Å². The van der Waals surface area contributed by atoms with E-state index in [1.54, 1.807) is 6.20 Å². The van der Waals surface area contributed by atoms with Gasteiger partial charge >= 0.3 is 5.97 Å². The number of esters is 1. The van der Waals surface area contributed by atoms with Crippen molar-refractivity contribution >= 4 is 5.97 Å². The quantitative estimate of drug-likeness (QED) is 0.690. The fraction of sp³-hybridized carbons (Fsp3) is 0.500. The molecule has 1 atom stereocenters. The molecule has 1 aromatic heterocycles. The minimum atomic E-state index is -0.410. The number of aromatic nitrogens is 1. The van der Waals surface area contributed by atoms with Crippen LogP contribution in [0.1, 0.15) is 25.1 Å². The monoisotopic (exact) mass is 205 g/mol. The van der Waals surface area contributed by atoms with Crippen LogP contribution in [0, 0.1) is 5.41 Å². The summed E-state index contributed by atoms with van der Waals surface area (Å²) in [6.07, 6.45) is 3.22. The molecule has 0 aromatic carbocycles.